The molecule has 3 rings (SSSR count). The Morgan fingerprint density at radius 3 is 2.71 bits per heavy atom. The summed E-state index contributed by atoms with van der Waals surface area (Å²) in [5.74, 6) is 1.41. The first-order chi connectivity index (χ1) is 10.2. The van der Waals surface area contributed by atoms with E-state index in [9.17, 15) is 0 Å². The largest absolute Gasteiger partial charge is 0.368 e. The summed E-state index contributed by atoms with van der Waals surface area (Å²) in [4.78, 5) is 19.2. The number of nitrogens with one attached hydrogen (secondary N) is 1. The van der Waals surface area contributed by atoms with Crippen LogP contribution in [0.4, 0.5) is 17.8 Å². The number of hydrogen-bond acceptors (Lipinski definition) is 7. The Kier molecular flexibility index (Phi) is 3.81. The maximum atomic E-state index is 5.77. The molecule has 0 spiro atoms. The van der Waals surface area contributed by atoms with Gasteiger partial charge < -0.3 is 16.0 Å². The van der Waals surface area contributed by atoms with Crippen LogP contribution in [0.15, 0.2) is 18.3 Å². The summed E-state index contributed by atoms with van der Waals surface area (Å²) in [6.45, 7) is 4.53. The first kappa shape index (κ1) is 13.5. The van der Waals surface area contributed by atoms with E-state index in [-0.39, 0.29) is 5.95 Å². The van der Waals surface area contributed by atoms with Crippen LogP contribution >= 0.6 is 0 Å². The molecule has 3 N–H and O–H groups in total. The van der Waals surface area contributed by atoms with Gasteiger partial charge in [-0.1, -0.05) is 6.07 Å². The summed E-state index contributed by atoms with van der Waals surface area (Å²) in [5.41, 5.74) is 7.85. The molecule has 2 aromatic rings. The van der Waals surface area contributed by atoms with Gasteiger partial charge in [0, 0.05) is 31.5 Å². The molecule has 7 heteroatoms. The Bertz CT molecular complexity index is 605. The zero-order valence-electron chi connectivity index (χ0n) is 12.1. The normalized spacial score (nSPS) is 14.4. The van der Waals surface area contributed by atoms with Crippen LogP contribution < -0.4 is 16.0 Å². The minimum Gasteiger partial charge on any atom is -0.368 e. The third kappa shape index (κ3) is 3.36. The molecule has 1 aliphatic heterocycles. The molecule has 21 heavy (non-hydrogen) atoms. The van der Waals surface area contributed by atoms with Gasteiger partial charge in [-0.05, 0) is 31.4 Å². The van der Waals surface area contributed by atoms with Crippen LogP contribution in [-0.4, -0.2) is 33.0 Å². The average molecular weight is 285 g/mol. The van der Waals surface area contributed by atoms with Crippen molar-refractivity contribution in [2.75, 3.05) is 29.0 Å². The Hall–Kier alpha value is -2.44. The van der Waals surface area contributed by atoms with Gasteiger partial charge in [0.05, 0.1) is 0 Å². The summed E-state index contributed by atoms with van der Waals surface area (Å²) in [7, 11) is 0. The van der Waals surface area contributed by atoms with Gasteiger partial charge in [0.1, 0.15) is 0 Å². The smallest absolute Gasteiger partial charge is 0.231 e. The Morgan fingerprint density at radius 1 is 1.19 bits per heavy atom. The van der Waals surface area contributed by atoms with Gasteiger partial charge in [-0.3, -0.25) is 4.98 Å². The van der Waals surface area contributed by atoms with E-state index < -0.39 is 0 Å². The zero-order chi connectivity index (χ0) is 14.7. The van der Waals surface area contributed by atoms with Crippen molar-refractivity contribution >= 4 is 17.8 Å². The van der Waals surface area contributed by atoms with Crippen molar-refractivity contribution in [2.24, 2.45) is 0 Å². The second-order valence-corrected chi connectivity index (χ2v) is 5.17. The summed E-state index contributed by atoms with van der Waals surface area (Å²) in [5, 5.41) is 3.18. The lowest BCUT2D eigenvalue weighted by atomic mass is 10.2. The van der Waals surface area contributed by atoms with Crippen molar-refractivity contribution in [3.8, 4) is 0 Å². The highest BCUT2D eigenvalue weighted by Crippen LogP contribution is 2.17. The molecule has 1 aliphatic rings. The molecule has 110 valence electrons. The minimum atomic E-state index is 0.247. The topological polar surface area (TPSA) is 92.8 Å². The number of nitrogens with two attached hydrogens (primary N) is 1. The highest BCUT2D eigenvalue weighted by atomic mass is 15.3. The van der Waals surface area contributed by atoms with Crippen LogP contribution in [0.5, 0.6) is 0 Å². The number of rotatable bonds is 4. The molecule has 0 amide bonds. The molecule has 0 saturated carbocycles. The quantitative estimate of drug-likeness (QED) is 0.876. The van der Waals surface area contributed by atoms with Gasteiger partial charge in [-0.25, -0.2) is 0 Å². The van der Waals surface area contributed by atoms with Crippen molar-refractivity contribution in [2.45, 2.75) is 26.3 Å². The van der Waals surface area contributed by atoms with Gasteiger partial charge >= 0.3 is 0 Å². The highest BCUT2D eigenvalue weighted by Gasteiger charge is 2.16. The maximum Gasteiger partial charge on any atom is 0.231 e. The van der Waals surface area contributed by atoms with E-state index in [0.717, 1.165) is 24.3 Å². The van der Waals surface area contributed by atoms with E-state index in [2.05, 4.69) is 30.2 Å². The predicted octanol–water partition coefficient (Wildman–Crippen LogP) is 1.37. The molecular weight excluding hydrogens is 266 g/mol. The van der Waals surface area contributed by atoms with Crippen LogP contribution in [0.25, 0.3) is 0 Å². The summed E-state index contributed by atoms with van der Waals surface area (Å²) in [6, 6.07) is 4.01. The van der Waals surface area contributed by atoms with Crippen molar-refractivity contribution in [3.05, 3.63) is 29.6 Å². The summed E-state index contributed by atoms with van der Waals surface area (Å²) < 4.78 is 0. The molecule has 1 fully saturated rings. The van der Waals surface area contributed by atoms with Crippen LogP contribution in [0.1, 0.15) is 24.1 Å². The second kappa shape index (κ2) is 5.90. The van der Waals surface area contributed by atoms with Crippen LogP contribution in [0.2, 0.25) is 0 Å². The fourth-order valence-electron chi connectivity index (χ4n) is 2.30. The third-order valence-corrected chi connectivity index (χ3v) is 3.45. The standard InChI is InChI=1S/C14H19N7/c1-10-4-5-11(8-16-10)9-17-13-18-12(15)19-14(20-13)21-6-2-3-7-21/h4-5,8H,2-3,6-7,9H2,1H3,(H3,15,17,18,19,20). The second-order valence-electron chi connectivity index (χ2n) is 5.17. The Labute approximate surface area is 123 Å². The lowest BCUT2D eigenvalue weighted by Gasteiger charge is -2.16. The number of pyridine rings is 1. The fraction of sp³-hybridized carbons (Fsp3) is 0.429. The Balaban J connectivity index is 1.71. The van der Waals surface area contributed by atoms with Crippen molar-refractivity contribution in [1.82, 2.24) is 19.9 Å². The Morgan fingerprint density at radius 2 is 2.00 bits per heavy atom. The minimum absolute atomic E-state index is 0.247. The van der Waals surface area contributed by atoms with Crippen LogP contribution in [-0.2, 0) is 6.54 Å². The molecule has 7 nitrogen and oxygen atoms in total. The zero-order valence-corrected chi connectivity index (χ0v) is 12.1. The SMILES string of the molecule is Cc1ccc(CNc2nc(N)nc(N3CCCC3)n2)cn1. The summed E-state index contributed by atoms with van der Waals surface area (Å²) in [6.07, 6.45) is 4.18. The van der Waals surface area contributed by atoms with Crippen LogP contribution in [0, 0.1) is 6.92 Å². The van der Waals surface area contributed by atoms with E-state index in [1.165, 1.54) is 12.8 Å². The number of anilines is 3. The van der Waals surface area contributed by atoms with E-state index in [0.29, 0.717) is 18.4 Å². The number of aromatic nitrogens is 4. The van der Waals surface area contributed by atoms with Gasteiger partial charge in [0.2, 0.25) is 17.8 Å². The van der Waals surface area contributed by atoms with E-state index >= 15 is 0 Å². The molecule has 0 aromatic carbocycles. The summed E-state index contributed by atoms with van der Waals surface area (Å²) >= 11 is 0. The van der Waals surface area contributed by atoms with Crippen LogP contribution in [0.3, 0.4) is 0 Å². The third-order valence-electron chi connectivity index (χ3n) is 3.45. The lowest BCUT2D eigenvalue weighted by Crippen LogP contribution is -2.22. The molecule has 3 heterocycles. The molecule has 1 saturated heterocycles. The van der Waals surface area contributed by atoms with E-state index in [4.69, 9.17) is 5.73 Å². The number of aryl methyl sites for hydroxylation is 1. The van der Waals surface area contributed by atoms with Gasteiger partial charge in [-0.2, -0.15) is 15.0 Å². The fourth-order valence-corrected chi connectivity index (χ4v) is 2.30. The first-order valence-electron chi connectivity index (χ1n) is 7.12. The van der Waals surface area contributed by atoms with E-state index in [1.807, 2.05) is 25.3 Å². The first-order valence-corrected chi connectivity index (χ1v) is 7.12. The van der Waals surface area contributed by atoms with Gasteiger partial charge in [-0.15, -0.1) is 0 Å². The number of nitrogen functional groups attached to an aromatic ring is 1. The maximum absolute atomic E-state index is 5.77. The van der Waals surface area contributed by atoms with Crippen molar-refractivity contribution in [1.29, 1.82) is 0 Å². The van der Waals surface area contributed by atoms with Gasteiger partial charge in [0.25, 0.3) is 0 Å². The molecule has 0 bridgehead atoms. The lowest BCUT2D eigenvalue weighted by molar-refractivity contribution is 0.880. The molecular formula is C14H19N7. The predicted molar refractivity (Wildman–Crippen MR) is 82.0 cm³/mol. The van der Waals surface area contributed by atoms with Crippen molar-refractivity contribution < 1.29 is 0 Å². The molecule has 0 unspecified atom stereocenters. The van der Waals surface area contributed by atoms with Crippen molar-refractivity contribution in [3.63, 3.8) is 0 Å². The number of hydrogen-bond donors (Lipinski definition) is 2. The monoisotopic (exact) mass is 285 g/mol. The molecule has 0 atom stereocenters. The average Bonchev–Trinajstić information content (AvgIpc) is 3.00. The molecule has 2 aromatic heterocycles. The molecule has 0 radical (unpaired) electrons. The number of nitrogens with zero attached hydrogens (tertiary/aromatic N) is 5. The molecule has 0 aliphatic carbocycles. The highest BCUT2D eigenvalue weighted by molar-refractivity contribution is 5.42. The van der Waals surface area contributed by atoms with Gasteiger partial charge in [0.15, 0.2) is 0 Å². The van der Waals surface area contributed by atoms with E-state index in [1.54, 1.807) is 0 Å².